The number of fused-ring (bicyclic) bond motifs is 1. The van der Waals surface area contributed by atoms with E-state index < -0.39 is 21.7 Å². The summed E-state index contributed by atoms with van der Waals surface area (Å²) in [6, 6.07) is 4.03. The maximum atomic E-state index is 11.8. The Balaban J connectivity index is 2.59. The van der Waals surface area contributed by atoms with Gasteiger partial charge in [-0.2, -0.15) is 8.42 Å². The lowest BCUT2D eigenvalue weighted by Gasteiger charge is -2.08. The molecule has 2 aromatic rings. The Bertz CT molecular complexity index is 943. The second kappa shape index (κ2) is 6.71. The van der Waals surface area contributed by atoms with Gasteiger partial charge in [-0.05, 0) is 40.8 Å². The highest BCUT2D eigenvalue weighted by Crippen LogP contribution is 2.30. The molecule has 0 spiro atoms. The maximum Gasteiger partial charge on any atom is 0.351 e. The van der Waals surface area contributed by atoms with Crippen molar-refractivity contribution in [3.63, 3.8) is 0 Å². The number of ether oxygens (including phenoxy) is 1. The van der Waals surface area contributed by atoms with Crippen LogP contribution < -0.4 is 9.81 Å². The third kappa shape index (κ3) is 4.10. The third-order valence-corrected chi connectivity index (χ3v) is 4.20. The van der Waals surface area contributed by atoms with E-state index in [2.05, 4.69) is 6.58 Å². The highest BCUT2D eigenvalue weighted by atomic mass is 127. The van der Waals surface area contributed by atoms with Gasteiger partial charge in [0.05, 0.1) is 9.83 Å². The molecule has 0 bridgehead atoms. The fourth-order valence-corrected chi connectivity index (χ4v) is 3.04. The summed E-state index contributed by atoms with van der Waals surface area (Å²) < 4.78 is 37.6. The molecular formula is C14H11IO7S. The molecule has 23 heavy (non-hydrogen) atoms. The second-order valence-electron chi connectivity index (χ2n) is 4.41. The first-order valence-corrected chi connectivity index (χ1v) is 9.06. The standard InChI is InChI=1S/C14H11IO7S/c1-3-6-20-13(16)9-7-8-10(21-14(9)17)4-5-11(12(8)15)22-23(2,18)19/h3-5,7H,1,6H2,2H3. The van der Waals surface area contributed by atoms with Crippen LogP contribution in [-0.4, -0.2) is 27.2 Å². The van der Waals surface area contributed by atoms with Gasteiger partial charge in [-0.3, -0.25) is 0 Å². The summed E-state index contributed by atoms with van der Waals surface area (Å²) in [4.78, 5) is 23.7. The maximum absolute atomic E-state index is 11.8. The third-order valence-electron chi connectivity index (χ3n) is 2.61. The van der Waals surface area contributed by atoms with Gasteiger partial charge in [0.1, 0.15) is 17.8 Å². The Kier molecular flexibility index (Phi) is 5.09. The average molecular weight is 450 g/mol. The van der Waals surface area contributed by atoms with Crippen molar-refractivity contribution >= 4 is 49.6 Å². The fraction of sp³-hybridized carbons (Fsp3) is 0.143. The first kappa shape index (κ1) is 17.5. The van der Waals surface area contributed by atoms with Gasteiger partial charge in [-0.25, -0.2) is 9.59 Å². The van der Waals surface area contributed by atoms with Crippen LogP contribution in [0, 0.1) is 3.57 Å². The zero-order chi connectivity index (χ0) is 17.2. The number of carbonyl (C=O) groups is 1. The van der Waals surface area contributed by atoms with Crippen LogP contribution in [0.4, 0.5) is 0 Å². The van der Waals surface area contributed by atoms with Gasteiger partial charge in [0.15, 0.2) is 5.75 Å². The minimum Gasteiger partial charge on any atom is -0.458 e. The van der Waals surface area contributed by atoms with E-state index in [1.54, 1.807) is 0 Å². The summed E-state index contributed by atoms with van der Waals surface area (Å²) >= 11 is 1.84. The molecule has 0 aliphatic rings. The summed E-state index contributed by atoms with van der Waals surface area (Å²) in [5.74, 6) is -0.786. The summed E-state index contributed by atoms with van der Waals surface area (Å²) in [7, 11) is -3.71. The first-order valence-electron chi connectivity index (χ1n) is 6.17. The fourth-order valence-electron chi connectivity index (χ4n) is 1.72. The van der Waals surface area contributed by atoms with E-state index in [9.17, 15) is 18.0 Å². The zero-order valence-corrected chi connectivity index (χ0v) is 14.8. The molecule has 0 amide bonds. The largest absolute Gasteiger partial charge is 0.458 e. The lowest BCUT2D eigenvalue weighted by Crippen LogP contribution is -2.16. The molecule has 1 aromatic heterocycles. The van der Waals surface area contributed by atoms with Crippen molar-refractivity contribution in [1.82, 2.24) is 0 Å². The van der Waals surface area contributed by atoms with Gasteiger partial charge in [0.25, 0.3) is 0 Å². The van der Waals surface area contributed by atoms with Gasteiger partial charge in [0, 0.05) is 5.39 Å². The number of halogens is 1. The monoisotopic (exact) mass is 450 g/mol. The Morgan fingerprint density at radius 3 is 2.74 bits per heavy atom. The van der Waals surface area contributed by atoms with Crippen LogP contribution in [0.2, 0.25) is 0 Å². The van der Waals surface area contributed by atoms with E-state index in [0.717, 1.165) is 6.26 Å². The number of rotatable bonds is 5. The highest BCUT2D eigenvalue weighted by molar-refractivity contribution is 14.1. The van der Waals surface area contributed by atoms with Gasteiger partial charge in [-0.1, -0.05) is 12.7 Å². The van der Waals surface area contributed by atoms with Crippen molar-refractivity contribution in [3.8, 4) is 5.75 Å². The van der Waals surface area contributed by atoms with Crippen molar-refractivity contribution in [2.45, 2.75) is 0 Å². The normalized spacial score (nSPS) is 11.2. The minimum absolute atomic E-state index is 0.0510. The molecule has 122 valence electrons. The molecule has 0 saturated heterocycles. The molecule has 0 aliphatic heterocycles. The molecule has 0 saturated carbocycles. The van der Waals surface area contributed by atoms with Crippen molar-refractivity contribution < 1.29 is 26.5 Å². The van der Waals surface area contributed by atoms with Crippen molar-refractivity contribution in [3.05, 3.63) is 50.4 Å². The SMILES string of the molecule is C=CCOC(=O)c1cc2c(I)c(OS(C)(=O)=O)ccc2oc1=O. The lowest BCUT2D eigenvalue weighted by atomic mass is 10.2. The molecule has 0 radical (unpaired) electrons. The summed E-state index contributed by atoms with van der Waals surface area (Å²) in [6.07, 6.45) is 2.28. The predicted octanol–water partition coefficient (Wildman–Crippen LogP) is 2.08. The van der Waals surface area contributed by atoms with Gasteiger partial charge in [-0.15, -0.1) is 0 Å². The molecule has 2 rings (SSSR count). The molecular weight excluding hydrogens is 439 g/mol. The van der Waals surface area contributed by atoms with Crippen LogP contribution in [0.3, 0.4) is 0 Å². The molecule has 0 fully saturated rings. The summed E-state index contributed by atoms with van der Waals surface area (Å²) in [5.41, 5.74) is -0.951. The van der Waals surface area contributed by atoms with Gasteiger partial charge < -0.3 is 13.3 Å². The molecule has 0 atom stereocenters. The summed E-state index contributed by atoms with van der Waals surface area (Å²) in [6.45, 7) is 3.35. The molecule has 1 aromatic carbocycles. The Morgan fingerprint density at radius 1 is 1.43 bits per heavy atom. The molecule has 1 heterocycles. The minimum atomic E-state index is -3.71. The smallest absolute Gasteiger partial charge is 0.351 e. The molecule has 0 unspecified atom stereocenters. The van der Waals surface area contributed by atoms with E-state index in [4.69, 9.17) is 13.3 Å². The van der Waals surface area contributed by atoms with Crippen LogP contribution in [0.25, 0.3) is 11.0 Å². The van der Waals surface area contributed by atoms with Gasteiger partial charge in [0.2, 0.25) is 0 Å². The zero-order valence-electron chi connectivity index (χ0n) is 11.9. The molecule has 9 heteroatoms. The molecule has 0 N–H and O–H groups in total. The molecule has 0 aliphatic carbocycles. The van der Waals surface area contributed by atoms with Crippen LogP contribution in [-0.2, 0) is 14.9 Å². The van der Waals surface area contributed by atoms with Crippen LogP contribution in [0.1, 0.15) is 10.4 Å². The Labute approximate surface area is 145 Å². The summed E-state index contributed by atoms with van der Waals surface area (Å²) in [5, 5.41) is 0.358. The number of carbonyl (C=O) groups excluding carboxylic acids is 1. The Morgan fingerprint density at radius 2 is 2.13 bits per heavy atom. The van der Waals surface area contributed by atoms with Crippen LogP contribution in [0.15, 0.2) is 40.1 Å². The van der Waals surface area contributed by atoms with Gasteiger partial charge >= 0.3 is 21.7 Å². The number of hydrogen-bond donors (Lipinski definition) is 0. The van der Waals surface area contributed by atoms with Crippen molar-refractivity contribution in [2.75, 3.05) is 12.9 Å². The van der Waals surface area contributed by atoms with Crippen LogP contribution in [0.5, 0.6) is 5.75 Å². The molecule has 7 nitrogen and oxygen atoms in total. The second-order valence-corrected chi connectivity index (χ2v) is 7.07. The number of esters is 1. The average Bonchev–Trinajstić information content (AvgIpc) is 2.46. The van der Waals surface area contributed by atoms with Crippen molar-refractivity contribution in [1.29, 1.82) is 0 Å². The number of hydrogen-bond acceptors (Lipinski definition) is 7. The van der Waals surface area contributed by atoms with Crippen LogP contribution >= 0.6 is 22.6 Å². The van der Waals surface area contributed by atoms with E-state index in [0.29, 0.717) is 8.96 Å². The van der Waals surface area contributed by atoms with E-state index in [1.165, 1.54) is 24.3 Å². The van der Waals surface area contributed by atoms with Crippen molar-refractivity contribution in [2.24, 2.45) is 0 Å². The topological polar surface area (TPSA) is 99.9 Å². The van der Waals surface area contributed by atoms with E-state index in [1.807, 2.05) is 22.6 Å². The highest BCUT2D eigenvalue weighted by Gasteiger charge is 2.18. The predicted molar refractivity (Wildman–Crippen MR) is 91.2 cm³/mol. The quantitative estimate of drug-likeness (QED) is 0.226. The Hall–Kier alpha value is -1.88. The van der Waals surface area contributed by atoms with E-state index in [-0.39, 0.29) is 23.5 Å². The first-order chi connectivity index (χ1) is 10.7. The lowest BCUT2D eigenvalue weighted by molar-refractivity contribution is 0.0545. The van der Waals surface area contributed by atoms with E-state index >= 15 is 0 Å². The number of benzene rings is 1.